The predicted octanol–water partition coefficient (Wildman–Crippen LogP) is 3.40. The average Bonchev–Trinajstić information content (AvgIpc) is 2.66. The van der Waals surface area contributed by atoms with Crippen LogP contribution in [0.4, 0.5) is 4.79 Å². The number of carbonyl (C=O) groups is 2. The second-order valence-electron chi connectivity index (χ2n) is 6.41. The van der Waals surface area contributed by atoms with Crippen LogP contribution in [0.15, 0.2) is 30.3 Å². The molecule has 2 rings (SSSR count). The summed E-state index contributed by atoms with van der Waals surface area (Å²) in [6.45, 7) is 7.73. The van der Waals surface area contributed by atoms with E-state index in [4.69, 9.17) is 4.74 Å². The monoisotopic (exact) mass is 289 g/mol. The lowest BCUT2D eigenvalue weighted by molar-refractivity contribution is -0.130. The van der Waals surface area contributed by atoms with Gasteiger partial charge in [-0.3, -0.25) is 4.79 Å². The number of nitrogens with zero attached hydrogens (tertiary/aromatic N) is 1. The Labute approximate surface area is 126 Å². The van der Waals surface area contributed by atoms with Crippen molar-refractivity contribution in [3.05, 3.63) is 35.9 Å². The van der Waals surface area contributed by atoms with E-state index in [9.17, 15) is 9.59 Å². The van der Waals surface area contributed by atoms with Gasteiger partial charge in [0.05, 0.1) is 6.04 Å². The normalized spacial score (nSPS) is 20.7. The van der Waals surface area contributed by atoms with Gasteiger partial charge < -0.3 is 4.74 Å². The van der Waals surface area contributed by atoms with E-state index in [0.29, 0.717) is 12.8 Å². The fourth-order valence-electron chi connectivity index (χ4n) is 3.13. The molecule has 0 saturated carbocycles. The third-order valence-electron chi connectivity index (χ3n) is 3.91. The molecule has 0 bridgehead atoms. The summed E-state index contributed by atoms with van der Waals surface area (Å²) >= 11 is 0. The number of rotatable bonds is 4. The first-order valence-electron chi connectivity index (χ1n) is 7.42. The zero-order valence-electron chi connectivity index (χ0n) is 13.1. The highest BCUT2D eigenvalue weighted by Crippen LogP contribution is 2.34. The van der Waals surface area contributed by atoms with Crippen molar-refractivity contribution < 1.29 is 14.3 Å². The second-order valence-corrected chi connectivity index (χ2v) is 6.41. The number of aryl methyl sites for hydroxylation is 1. The van der Waals surface area contributed by atoms with Crippen LogP contribution < -0.4 is 0 Å². The molecule has 21 heavy (non-hydrogen) atoms. The highest BCUT2D eigenvalue weighted by Gasteiger charge is 2.51. The number of benzene rings is 1. The van der Waals surface area contributed by atoms with Crippen LogP contribution >= 0.6 is 0 Å². The first kappa shape index (κ1) is 15.5. The van der Waals surface area contributed by atoms with E-state index >= 15 is 0 Å². The number of hydrogen-bond donors (Lipinski definition) is 0. The lowest BCUT2D eigenvalue weighted by Crippen LogP contribution is -2.48. The standard InChI is InChI=1S/C17H23NO3/c1-12(2)15-17(3,4)21-16(20)18(15)14(19)11-10-13-8-6-5-7-9-13/h5-9,12,15H,10-11H2,1-4H3. The number of cyclic esters (lactones) is 1. The molecule has 1 unspecified atom stereocenters. The van der Waals surface area contributed by atoms with Crippen LogP contribution in [0.5, 0.6) is 0 Å². The van der Waals surface area contributed by atoms with Gasteiger partial charge in [0.1, 0.15) is 5.60 Å². The number of imide groups is 1. The maximum absolute atomic E-state index is 12.5. The second kappa shape index (κ2) is 5.88. The summed E-state index contributed by atoms with van der Waals surface area (Å²) < 4.78 is 5.37. The molecule has 4 nitrogen and oxygen atoms in total. The summed E-state index contributed by atoms with van der Waals surface area (Å²) in [5, 5.41) is 0. The molecule has 1 fully saturated rings. The van der Waals surface area contributed by atoms with Gasteiger partial charge in [-0.1, -0.05) is 44.2 Å². The highest BCUT2D eigenvalue weighted by atomic mass is 16.6. The molecular formula is C17H23NO3. The molecule has 1 aliphatic heterocycles. The molecule has 1 atom stereocenters. The van der Waals surface area contributed by atoms with Crippen LogP contribution in [0.1, 0.15) is 39.7 Å². The largest absolute Gasteiger partial charge is 0.441 e. The smallest absolute Gasteiger partial charge is 0.417 e. The van der Waals surface area contributed by atoms with Crippen LogP contribution in [-0.4, -0.2) is 28.5 Å². The SMILES string of the molecule is CC(C)C1N(C(=O)CCc2ccccc2)C(=O)OC1(C)C. The summed E-state index contributed by atoms with van der Waals surface area (Å²) in [5.74, 6) is 0.000235. The van der Waals surface area contributed by atoms with Crippen molar-refractivity contribution in [2.45, 2.75) is 52.2 Å². The van der Waals surface area contributed by atoms with Crippen molar-refractivity contribution in [2.24, 2.45) is 5.92 Å². The van der Waals surface area contributed by atoms with E-state index in [1.54, 1.807) is 0 Å². The maximum atomic E-state index is 12.5. The number of carbonyl (C=O) groups excluding carboxylic acids is 2. The Morgan fingerprint density at radius 1 is 1.29 bits per heavy atom. The lowest BCUT2D eigenvalue weighted by Gasteiger charge is -2.30. The summed E-state index contributed by atoms with van der Waals surface area (Å²) in [6.07, 6.45) is 0.435. The lowest BCUT2D eigenvalue weighted by atomic mass is 9.89. The molecule has 0 aromatic heterocycles. The van der Waals surface area contributed by atoms with Crippen molar-refractivity contribution in [3.8, 4) is 0 Å². The van der Waals surface area contributed by atoms with E-state index in [1.165, 1.54) is 4.90 Å². The van der Waals surface area contributed by atoms with Crippen LogP contribution in [0, 0.1) is 5.92 Å². The van der Waals surface area contributed by atoms with Crippen molar-refractivity contribution >= 4 is 12.0 Å². The molecule has 1 aromatic carbocycles. The van der Waals surface area contributed by atoms with Crippen molar-refractivity contribution in [2.75, 3.05) is 0 Å². The highest BCUT2D eigenvalue weighted by molar-refractivity contribution is 5.94. The number of amides is 2. The molecule has 4 heteroatoms. The number of hydrogen-bond acceptors (Lipinski definition) is 3. The minimum Gasteiger partial charge on any atom is -0.441 e. The minimum absolute atomic E-state index is 0.159. The molecule has 1 aliphatic rings. The van der Waals surface area contributed by atoms with Gasteiger partial charge in [-0.25, -0.2) is 9.69 Å². The maximum Gasteiger partial charge on any atom is 0.417 e. The van der Waals surface area contributed by atoms with E-state index < -0.39 is 11.7 Å². The molecule has 114 valence electrons. The Morgan fingerprint density at radius 2 is 1.90 bits per heavy atom. The summed E-state index contributed by atoms with van der Waals surface area (Å²) in [7, 11) is 0. The van der Waals surface area contributed by atoms with Gasteiger partial charge in [-0.15, -0.1) is 0 Å². The fourth-order valence-corrected chi connectivity index (χ4v) is 3.13. The van der Waals surface area contributed by atoms with Gasteiger partial charge in [0, 0.05) is 6.42 Å². The Kier molecular flexibility index (Phi) is 4.35. The van der Waals surface area contributed by atoms with Crippen molar-refractivity contribution in [1.29, 1.82) is 0 Å². The molecular weight excluding hydrogens is 266 g/mol. The number of ether oxygens (including phenoxy) is 1. The third-order valence-corrected chi connectivity index (χ3v) is 3.91. The Bertz CT molecular complexity index is 522. The third kappa shape index (κ3) is 3.26. The topological polar surface area (TPSA) is 46.6 Å². The zero-order valence-corrected chi connectivity index (χ0v) is 13.1. The van der Waals surface area contributed by atoms with Gasteiger partial charge in [0.2, 0.25) is 5.91 Å². The van der Waals surface area contributed by atoms with Crippen molar-refractivity contribution in [1.82, 2.24) is 4.90 Å². The zero-order chi connectivity index (χ0) is 15.6. The first-order valence-corrected chi connectivity index (χ1v) is 7.42. The minimum atomic E-state index is -0.631. The van der Waals surface area contributed by atoms with E-state index in [-0.39, 0.29) is 17.9 Å². The molecule has 1 heterocycles. The van der Waals surface area contributed by atoms with Crippen LogP contribution in [0.3, 0.4) is 0 Å². The fraction of sp³-hybridized carbons (Fsp3) is 0.529. The van der Waals surface area contributed by atoms with Crippen LogP contribution in [0.25, 0.3) is 0 Å². The molecule has 0 spiro atoms. The molecule has 0 N–H and O–H groups in total. The van der Waals surface area contributed by atoms with Gasteiger partial charge in [-0.05, 0) is 31.7 Å². The average molecular weight is 289 g/mol. The van der Waals surface area contributed by atoms with Gasteiger partial charge in [0.25, 0.3) is 0 Å². The summed E-state index contributed by atoms with van der Waals surface area (Å²) in [5.41, 5.74) is 0.465. The molecule has 2 amide bonds. The first-order chi connectivity index (χ1) is 9.83. The van der Waals surface area contributed by atoms with Gasteiger partial charge in [-0.2, -0.15) is 0 Å². The quantitative estimate of drug-likeness (QED) is 0.853. The molecule has 1 saturated heterocycles. The summed E-state index contributed by atoms with van der Waals surface area (Å²) in [6, 6.07) is 9.60. The Balaban J connectivity index is 2.08. The summed E-state index contributed by atoms with van der Waals surface area (Å²) in [4.78, 5) is 25.8. The predicted molar refractivity (Wildman–Crippen MR) is 80.8 cm³/mol. The Hall–Kier alpha value is -1.84. The van der Waals surface area contributed by atoms with Crippen LogP contribution in [-0.2, 0) is 16.0 Å². The Morgan fingerprint density at radius 3 is 2.48 bits per heavy atom. The molecule has 0 aliphatic carbocycles. The van der Waals surface area contributed by atoms with Gasteiger partial charge in [0.15, 0.2) is 0 Å². The molecule has 1 aromatic rings. The van der Waals surface area contributed by atoms with E-state index in [0.717, 1.165) is 5.56 Å². The van der Waals surface area contributed by atoms with Crippen molar-refractivity contribution in [3.63, 3.8) is 0 Å². The van der Waals surface area contributed by atoms with Gasteiger partial charge >= 0.3 is 6.09 Å². The van der Waals surface area contributed by atoms with Crippen LogP contribution in [0.2, 0.25) is 0 Å². The van der Waals surface area contributed by atoms with E-state index in [1.807, 2.05) is 58.0 Å². The molecule has 0 radical (unpaired) electrons. The van der Waals surface area contributed by atoms with E-state index in [2.05, 4.69) is 0 Å².